The number of anilines is 1. The average Bonchev–Trinajstić information content (AvgIpc) is 2.87. The molecular formula is C15H17ClN2OS. The lowest BCUT2D eigenvalue weighted by molar-refractivity contribution is 0.0118. The molecule has 1 aromatic carbocycles. The molecule has 106 valence electrons. The Labute approximate surface area is 127 Å². The van der Waals surface area contributed by atoms with Gasteiger partial charge in [0.15, 0.2) is 5.13 Å². The molecule has 0 aliphatic carbocycles. The quantitative estimate of drug-likeness (QED) is 0.921. The molecule has 0 atom stereocenters. The van der Waals surface area contributed by atoms with E-state index >= 15 is 0 Å². The molecule has 0 saturated carbocycles. The second kappa shape index (κ2) is 5.35. The van der Waals surface area contributed by atoms with Crippen molar-refractivity contribution in [3.05, 3.63) is 45.9 Å². The van der Waals surface area contributed by atoms with E-state index in [1.54, 1.807) is 11.3 Å². The summed E-state index contributed by atoms with van der Waals surface area (Å²) in [7, 11) is 0. The van der Waals surface area contributed by atoms with Crippen LogP contribution in [0.4, 0.5) is 5.13 Å². The van der Waals surface area contributed by atoms with E-state index in [1.807, 2.05) is 31.2 Å². The van der Waals surface area contributed by atoms with Crippen molar-refractivity contribution in [3.63, 3.8) is 0 Å². The second-order valence-corrected chi connectivity index (χ2v) is 6.57. The summed E-state index contributed by atoms with van der Waals surface area (Å²) in [4.78, 5) is 6.76. The molecule has 3 rings (SSSR count). The first-order valence-corrected chi connectivity index (χ1v) is 7.98. The molecule has 0 unspecified atom stereocenters. The van der Waals surface area contributed by atoms with Crippen molar-refractivity contribution < 1.29 is 5.11 Å². The van der Waals surface area contributed by atoms with E-state index < -0.39 is 5.60 Å². The second-order valence-electron chi connectivity index (χ2n) is 5.30. The summed E-state index contributed by atoms with van der Waals surface area (Å²) in [5.74, 6) is 0. The number of benzene rings is 1. The van der Waals surface area contributed by atoms with Gasteiger partial charge in [-0.05, 0) is 37.5 Å². The molecule has 2 aromatic rings. The number of rotatable bonds is 2. The number of hydrogen-bond donors (Lipinski definition) is 1. The number of aromatic nitrogens is 1. The Hall–Kier alpha value is -1.10. The van der Waals surface area contributed by atoms with Crippen molar-refractivity contribution >= 4 is 28.1 Å². The van der Waals surface area contributed by atoms with E-state index in [9.17, 15) is 5.11 Å². The molecular weight excluding hydrogens is 292 g/mol. The summed E-state index contributed by atoms with van der Waals surface area (Å²) in [6.07, 6.45) is 1.43. The molecule has 20 heavy (non-hydrogen) atoms. The van der Waals surface area contributed by atoms with Crippen molar-refractivity contribution in [1.29, 1.82) is 0 Å². The molecule has 1 fully saturated rings. The van der Waals surface area contributed by atoms with Gasteiger partial charge in [0, 0.05) is 23.5 Å². The molecule has 0 amide bonds. The predicted octanol–water partition coefficient (Wildman–Crippen LogP) is 3.59. The highest BCUT2D eigenvalue weighted by atomic mass is 35.5. The van der Waals surface area contributed by atoms with Crippen molar-refractivity contribution in [3.8, 4) is 0 Å². The first-order chi connectivity index (χ1) is 9.57. The van der Waals surface area contributed by atoms with Crippen LogP contribution in [0.3, 0.4) is 0 Å². The highest BCUT2D eigenvalue weighted by Crippen LogP contribution is 2.35. The van der Waals surface area contributed by atoms with Crippen molar-refractivity contribution in [2.45, 2.75) is 25.4 Å². The smallest absolute Gasteiger partial charge is 0.185 e. The van der Waals surface area contributed by atoms with Gasteiger partial charge in [0.25, 0.3) is 0 Å². The van der Waals surface area contributed by atoms with Gasteiger partial charge in [0.1, 0.15) is 0 Å². The third-order valence-electron chi connectivity index (χ3n) is 3.85. The first-order valence-electron chi connectivity index (χ1n) is 6.72. The van der Waals surface area contributed by atoms with Crippen LogP contribution < -0.4 is 4.90 Å². The monoisotopic (exact) mass is 308 g/mol. The van der Waals surface area contributed by atoms with Crippen LogP contribution in [0, 0.1) is 6.92 Å². The van der Waals surface area contributed by atoms with Gasteiger partial charge in [-0.1, -0.05) is 23.7 Å². The van der Waals surface area contributed by atoms with Gasteiger partial charge in [0.2, 0.25) is 0 Å². The molecule has 1 N–H and O–H groups in total. The molecule has 2 heterocycles. The van der Waals surface area contributed by atoms with Crippen molar-refractivity contribution in [2.24, 2.45) is 0 Å². The van der Waals surface area contributed by atoms with Crippen LogP contribution in [-0.2, 0) is 5.60 Å². The Morgan fingerprint density at radius 2 is 1.90 bits per heavy atom. The zero-order valence-corrected chi connectivity index (χ0v) is 12.9. The van der Waals surface area contributed by atoms with Crippen LogP contribution in [-0.4, -0.2) is 23.2 Å². The highest BCUT2D eigenvalue weighted by Gasteiger charge is 2.34. The number of hydrogen-bond acceptors (Lipinski definition) is 4. The van der Waals surface area contributed by atoms with Crippen LogP contribution in [0.15, 0.2) is 29.6 Å². The molecule has 0 spiro atoms. The maximum atomic E-state index is 10.8. The number of piperidine rings is 1. The Balaban J connectivity index is 1.72. The lowest BCUT2D eigenvalue weighted by atomic mass is 9.84. The highest BCUT2D eigenvalue weighted by molar-refractivity contribution is 7.13. The van der Waals surface area contributed by atoms with E-state index in [0.29, 0.717) is 17.9 Å². The van der Waals surface area contributed by atoms with Crippen LogP contribution in [0.5, 0.6) is 0 Å². The number of thiazole rings is 1. The summed E-state index contributed by atoms with van der Waals surface area (Å²) >= 11 is 7.57. The summed E-state index contributed by atoms with van der Waals surface area (Å²) < 4.78 is 0. The van der Waals surface area contributed by atoms with E-state index in [4.69, 9.17) is 11.6 Å². The Kier molecular flexibility index (Phi) is 3.71. The molecule has 1 aromatic heterocycles. The molecule has 0 radical (unpaired) electrons. The minimum Gasteiger partial charge on any atom is -0.385 e. The molecule has 1 saturated heterocycles. The zero-order chi connectivity index (χ0) is 14.2. The van der Waals surface area contributed by atoms with Crippen molar-refractivity contribution in [1.82, 2.24) is 4.98 Å². The van der Waals surface area contributed by atoms with Gasteiger partial charge in [-0.15, -0.1) is 11.3 Å². The minimum atomic E-state index is -0.743. The third kappa shape index (κ3) is 2.68. The van der Waals surface area contributed by atoms with Crippen molar-refractivity contribution in [2.75, 3.05) is 18.0 Å². The Morgan fingerprint density at radius 3 is 2.45 bits per heavy atom. The average molecular weight is 309 g/mol. The van der Waals surface area contributed by atoms with Crippen LogP contribution in [0.25, 0.3) is 0 Å². The molecule has 3 nitrogen and oxygen atoms in total. The van der Waals surface area contributed by atoms with Gasteiger partial charge in [-0.25, -0.2) is 4.98 Å². The number of nitrogens with zero attached hydrogens (tertiary/aromatic N) is 2. The summed E-state index contributed by atoms with van der Waals surface area (Å²) in [5.41, 5.74) is 1.27. The standard InChI is InChI=1S/C15H17ClN2OS/c1-11-10-20-14(17-11)18-8-6-15(19,7-9-18)12-2-4-13(16)5-3-12/h2-5,10,19H,6-9H2,1H3. The van der Waals surface area contributed by atoms with E-state index in [-0.39, 0.29) is 0 Å². The van der Waals surface area contributed by atoms with Gasteiger partial charge in [-0.3, -0.25) is 0 Å². The topological polar surface area (TPSA) is 36.4 Å². The van der Waals surface area contributed by atoms with Gasteiger partial charge in [-0.2, -0.15) is 0 Å². The minimum absolute atomic E-state index is 0.702. The van der Waals surface area contributed by atoms with Crippen LogP contribution in [0.1, 0.15) is 24.1 Å². The number of aryl methyl sites for hydroxylation is 1. The molecule has 1 aliphatic rings. The van der Waals surface area contributed by atoms with E-state index in [2.05, 4.69) is 15.3 Å². The maximum Gasteiger partial charge on any atom is 0.185 e. The summed E-state index contributed by atoms with van der Waals surface area (Å²) in [6.45, 7) is 3.66. The lowest BCUT2D eigenvalue weighted by Gasteiger charge is -2.38. The zero-order valence-electron chi connectivity index (χ0n) is 11.3. The fraction of sp³-hybridized carbons (Fsp3) is 0.400. The number of aliphatic hydroxyl groups is 1. The first kappa shape index (κ1) is 13.9. The normalized spacial score (nSPS) is 18.2. The SMILES string of the molecule is Cc1csc(N2CCC(O)(c3ccc(Cl)cc3)CC2)n1. The van der Waals surface area contributed by atoms with Gasteiger partial charge in [0.05, 0.1) is 11.3 Å². The number of halogens is 1. The Morgan fingerprint density at radius 1 is 1.25 bits per heavy atom. The van der Waals surface area contributed by atoms with Gasteiger partial charge < -0.3 is 10.0 Å². The largest absolute Gasteiger partial charge is 0.385 e. The molecule has 1 aliphatic heterocycles. The summed E-state index contributed by atoms with van der Waals surface area (Å²) in [6, 6.07) is 7.52. The maximum absolute atomic E-state index is 10.8. The Bertz CT molecular complexity index is 588. The lowest BCUT2D eigenvalue weighted by Crippen LogP contribution is -2.42. The van der Waals surface area contributed by atoms with E-state index in [1.165, 1.54) is 0 Å². The van der Waals surface area contributed by atoms with E-state index in [0.717, 1.165) is 29.5 Å². The van der Waals surface area contributed by atoms with Gasteiger partial charge >= 0.3 is 0 Å². The molecule has 0 bridgehead atoms. The molecule has 5 heteroatoms. The third-order valence-corrected chi connectivity index (χ3v) is 5.12. The fourth-order valence-electron chi connectivity index (χ4n) is 2.60. The van der Waals surface area contributed by atoms with Crippen LogP contribution >= 0.6 is 22.9 Å². The fourth-order valence-corrected chi connectivity index (χ4v) is 3.59. The summed E-state index contributed by atoms with van der Waals surface area (Å²) in [5, 5.41) is 14.6. The predicted molar refractivity (Wildman–Crippen MR) is 83.6 cm³/mol. The van der Waals surface area contributed by atoms with Crippen LogP contribution in [0.2, 0.25) is 5.02 Å².